The van der Waals surface area contributed by atoms with Crippen LogP contribution in [-0.2, 0) is 6.42 Å². The van der Waals surface area contributed by atoms with Crippen LogP contribution in [0.4, 0.5) is 0 Å². The summed E-state index contributed by atoms with van der Waals surface area (Å²) >= 11 is 3.62. The highest BCUT2D eigenvalue weighted by molar-refractivity contribution is 9.10. The van der Waals surface area contributed by atoms with Gasteiger partial charge in [0, 0.05) is 10.9 Å². The molecule has 0 unspecified atom stereocenters. The Hall–Kier alpha value is -1.81. The number of rotatable bonds is 1. The summed E-state index contributed by atoms with van der Waals surface area (Å²) in [4.78, 5) is 4.70. The summed E-state index contributed by atoms with van der Waals surface area (Å²) in [6, 6.07) is 12.0. The van der Waals surface area contributed by atoms with Gasteiger partial charge in [-0.15, -0.1) is 0 Å². The Morgan fingerprint density at radius 3 is 2.79 bits per heavy atom. The summed E-state index contributed by atoms with van der Waals surface area (Å²) in [7, 11) is 0. The van der Waals surface area contributed by atoms with Crippen LogP contribution < -0.4 is 4.74 Å². The summed E-state index contributed by atoms with van der Waals surface area (Å²) < 4.78 is 9.22. The maximum atomic E-state index is 6.00. The highest BCUT2D eigenvalue weighted by atomic mass is 79.9. The lowest BCUT2D eigenvalue weighted by Crippen LogP contribution is -2.07. The van der Waals surface area contributed by atoms with Crippen molar-refractivity contribution in [3.8, 4) is 17.2 Å². The van der Waals surface area contributed by atoms with Gasteiger partial charge in [0.05, 0.1) is 5.52 Å². The third kappa shape index (κ3) is 1.40. The highest BCUT2D eigenvalue weighted by Gasteiger charge is 2.24. The zero-order valence-corrected chi connectivity index (χ0v) is 11.9. The molecule has 3 aromatic rings. The van der Waals surface area contributed by atoms with E-state index >= 15 is 0 Å². The molecule has 4 rings (SSSR count). The Bertz CT molecular complexity index is 807. The van der Waals surface area contributed by atoms with Gasteiger partial charge < -0.3 is 4.74 Å². The Balaban J connectivity index is 2.22. The number of imidazole rings is 1. The lowest BCUT2D eigenvalue weighted by Gasteiger charge is -2.21. The van der Waals surface area contributed by atoms with Gasteiger partial charge in [0.15, 0.2) is 11.5 Å². The maximum Gasteiger partial charge on any atom is 0.153 e. The van der Waals surface area contributed by atoms with Crippen LogP contribution in [0, 0.1) is 0 Å². The summed E-state index contributed by atoms with van der Waals surface area (Å²) in [5.74, 6) is 2.79. The van der Waals surface area contributed by atoms with Crippen LogP contribution in [0.1, 0.15) is 12.7 Å². The second-order valence-electron chi connectivity index (χ2n) is 4.53. The maximum absolute atomic E-state index is 6.00. The average Bonchev–Trinajstić information content (AvgIpc) is 2.80. The van der Waals surface area contributed by atoms with Crippen molar-refractivity contribution >= 4 is 27.0 Å². The highest BCUT2D eigenvalue weighted by Crippen LogP contribution is 2.43. The molecule has 0 amide bonds. The minimum absolute atomic E-state index is 0.863. The Morgan fingerprint density at radius 2 is 1.95 bits per heavy atom. The molecule has 0 atom stereocenters. The first-order chi connectivity index (χ1) is 9.29. The summed E-state index contributed by atoms with van der Waals surface area (Å²) in [6.45, 7) is 2.12. The number of halogens is 1. The van der Waals surface area contributed by atoms with Crippen LogP contribution in [0.2, 0.25) is 0 Å². The van der Waals surface area contributed by atoms with E-state index in [0.29, 0.717) is 0 Å². The molecular weight excluding hydrogens is 304 g/mol. The van der Waals surface area contributed by atoms with Gasteiger partial charge in [-0.3, -0.25) is 4.57 Å². The van der Waals surface area contributed by atoms with Gasteiger partial charge in [-0.25, -0.2) is 4.98 Å². The fraction of sp³-hybridized carbons (Fsp3) is 0.133. The van der Waals surface area contributed by atoms with E-state index < -0.39 is 0 Å². The molecule has 1 aromatic heterocycles. The molecule has 2 heterocycles. The van der Waals surface area contributed by atoms with E-state index in [1.54, 1.807) is 0 Å². The van der Waals surface area contributed by atoms with E-state index in [-0.39, 0.29) is 0 Å². The first kappa shape index (κ1) is 11.1. The predicted molar refractivity (Wildman–Crippen MR) is 78.2 cm³/mol. The quantitative estimate of drug-likeness (QED) is 0.519. The van der Waals surface area contributed by atoms with E-state index in [0.717, 1.165) is 44.9 Å². The number of para-hydroxylation sites is 2. The normalized spacial score (nSPS) is 12.3. The third-order valence-corrected chi connectivity index (χ3v) is 4.06. The number of nitrogens with zero attached hydrogens (tertiary/aromatic N) is 2. The van der Waals surface area contributed by atoms with Gasteiger partial charge in [-0.2, -0.15) is 0 Å². The van der Waals surface area contributed by atoms with Crippen molar-refractivity contribution in [1.29, 1.82) is 0 Å². The zero-order chi connectivity index (χ0) is 13.0. The molecule has 4 heteroatoms. The number of fused-ring (bicyclic) bond motifs is 2. The van der Waals surface area contributed by atoms with Gasteiger partial charge in [0.2, 0.25) is 0 Å². The van der Waals surface area contributed by atoms with Gasteiger partial charge in [-0.05, 0) is 40.2 Å². The van der Waals surface area contributed by atoms with Crippen LogP contribution in [0.3, 0.4) is 0 Å². The van der Waals surface area contributed by atoms with Crippen molar-refractivity contribution in [2.45, 2.75) is 13.3 Å². The fourth-order valence-electron chi connectivity index (χ4n) is 2.62. The third-order valence-electron chi connectivity index (χ3n) is 3.42. The number of hydrogen-bond donors (Lipinski definition) is 0. The zero-order valence-electron chi connectivity index (χ0n) is 10.4. The van der Waals surface area contributed by atoms with Gasteiger partial charge >= 0.3 is 0 Å². The molecule has 0 saturated carbocycles. The van der Waals surface area contributed by atoms with Crippen LogP contribution in [-0.4, -0.2) is 9.55 Å². The predicted octanol–water partition coefficient (Wildman–Crippen LogP) is 4.46. The molecule has 0 spiro atoms. The second kappa shape index (κ2) is 3.84. The molecule has 94 valence electrons. The first-order valence-electron chi connectivity index (χ1n) is 6.26. The van der Waals surface area contributed by atoms with Crippen LogP contribution in [0.5, 0.6) is 11.5 Å². The minimum Gasteiger partial charge on any atom is -0.453 e. The molecule has 1 aliphatic rings. The molecule has 0 bridgehead atoms. The van der Waals surface area contributed by atoms with Crippen LogP contribution in [0.25, 0.3) is 16.7 Å². The number of hydrogen-bond acceptors (Lipinski definition) is 2. The SMILES string of the molecule is CCc1nc2cccc3c2n1-c1c(Br)cccc1O3. The van der Waals surface area contributed by atoms with Crippen LogP contribution in [0.15, 0.2) is 40.9 Å². The summed E-state index contributed by atoms with van der Waals surface area (Å²) in [6.07, 6.45) is 0.884. The van der Waals surface area contributed by atoms with Crippen molar-refractivity contribution in [2.75, 3.05) is 0 Å². The second-order valence-corrected chi connectivity index (χ2v) is 5.38. The molecule has 1 aliphatic heterocycles. The smallest absolute Gasteiger partial charge is 0.153 e. The summed E-state index contributed by atoms with van der Waals surface area (Å²) in [5.41, 5.74) is 3.08. The standard InChI is InChI=1S/C15H11BrN2O/c1-2-13-17-10-6-4-8-12-15(10)18(13)14-9(16)5-3-7-11(14)19-12/h3-8H,2H2,1H3. The molecule has 0 aliphatic carbocycles. The average molecular weight is 315 g/mol. The van der Waals surface area contributed by atoms with E-state index in [4.69, 9.17) is 9.72 Å². The lowest BCUT2D eigenvalue weighted by molar-refractivity contribution is 0.474. The Labute approximate surface area is 119 Å². The van der Waals surface area contributed by atoms with Crippen molar-refractivity contribution in [2.24, 2.45) is 0 Å². The molecule has 19 heavy (non-hydrogen) atoms. The van der Waals surface area contributed by atoms with Crippen LogP contribution >= 0.6 is 15.9 Å². The molecule has 0 fully saturated rings. The topological polar surface area (TPSA) is 27.1 Å². The molecular formula is C15H11BrN2O. The van der Waals surface area contributed by atoms with E-state index in [9.17, 15) is 0 Å². The molecule has 0 saturated heterocycles. The van der Waals surface area contributed by atoms with E-state index in [1.807, 2.05) is 36.4 Å². The molecule has 2 aromatic carbocycles. The Kier molecular flexibility index (Phi) is 2.23. The minimum atomic E-state index is 0.863. The summed E-state index contributed by atoms with van der Waals surface area (Å²) in [5, 5.41) is 0. The first-order valence-corrected chi connectivity index (χ1v) is 7.06. The van der Waals surface area contributed by atoms with Gasteiger partial charge in [0.1, 0.15) is 17.0 Å². The van der Waals surface area contributed by atoms with Gasteiger partial charge in [-0.1, -0.05) is 19.1 Å². The largest absolute Gasteiger partial charge is 0.453 e. The van der Waals surface area contributed by atoms with Crippen molar-refractivity contribution < 1.29 is 4.74 Å². The number of aromatic nitrogens is 2. The fourth-order valence-corrected chi connectivity index (χ4v) is 3.14. The molecule has 3 nitrogen and oxygen atoms in total. The van der Waals surface area contributed by atoms with Crippen molar-refractivity contribution in [3.05, 3.63) is 46.7 Å². The number of ether oxygens (including phenoxy) is 1. The monoisotopic (exact) mass is 314 g/mol. The van der Waals surface area contributed by atoms with E-state index in [1.165, 1.54) is 0 Å². The van der Waals surface area contributed by atoms with Crippen molar-refractivity contribution in [1.82, 2.24) is 9.55 Å². The Morgan fingerprint density at radius 1 is 1.16 bits per heavy atom. The van der Waals surface area contributed by atoms with Crippen molar-refractivity contribution in [3.63, 3.8) is 0 Å². The molecule has 0 N–H and O–H groups in total. The van der Waals surface area contributed by atoms with Gasteiger partial charge in [0.25, 0.3) is 0 Å². The van der Waals surface area contributed by atoms with E-state index in [2.05, 4.69) is 27.4 Å². The lowest BCUT2D eigenvalue weighted by atomic mass is 10.2. The number of aryl methyl sites for hydroxylation is 1. The number of benzene rings is 2. The molecule has 0 radical (unpaired) electrons.